The molecular formula is C10H17NO. The van der Waals surface area contributed by atoms with Crippen LogP contribution >= 0.6 is 0 Å². The Hall–Kier alpha value is -0.0800. The number of rotatable bonds is 0. The van der Waals surface area contributed by atoms with Crippen LogP contribution in [0.25, 0.3) is 0 Å². The zero-order valence-corrected chi connectivity index (χ0v) is 7.37. The minimum absolute atomic E-state index is 0.299. The second-order valence-electron chi connectivity index (χ2n) is 5.27. The van der Waals surface area contributed by atoms with Gasteiger partial charge in [-0.15, -0.1) is 0 Å². The van der Waals surface area contributed by atoms with Gasteiger partial charge in [0.05, 0.1) is 5.60 Å². The van der Waals surface area contributed by atoms with Crippen molar-refractivity contribution in [3.63, 3.8) is 0 Å². The average Bonchev–Trinajstić information content (AvgIpc) is 1.96. The van der Waals surface area contributed by atoms with Crippen LogP contribution in [0.1, 0.15) is 32.1 Å². The van der Waals surface area contributed by atoms with Crippen molar-refractivity contribution >= 4 is 0 Å². The van der Waals surface area contributed by atoms with Crippen molar-refractivity contribution in [2.24, 2.45) is 23.5 Å². The molecule has 0 radical (unpaired) electrons. The van der Waals surface area contributed by atoms with Crippen LogP contribution in [0.3, 0.4) is 0 Å². The summed E-state index contributed by atoms with van der Waals surface area (Å²) in [5.74, 6) is 2.08. The summed E-state index contributed by atoms with van der Waals surface area (Å²) in [6, 6.07) is 0.404. The Kier molecular flexibility index (Phi) is 1.25. The van der Waals surface area contributed by atoms with Crippen molar-refractivity contribution < 1.29 is 5.11 Å². The molecule has 0 aromatic carbocycles. The fraction of sp³-hybridized carbons (Fsp3) is 1.00. The molecule has 3 N–H and O–H groups in total. The van der Waals surface area contributed by atoms with E-state index in [1.807, 2.05) is 0 Å². The molecule has 1 unspecified atom stereocenters. The SMILES string of the molecule is N[C@H]1[C@@H]2C[C@H]3C[C@H]1CC(O)(C3)C2. The highest BCUT2D eigenvalue weighted by Gasteiger charge is 2.53. The van der Waals surface area contributed by atoms with E-state index in [0.29, 0.717) is 17.9 Å². The molecule has 4 aliphatic carbocycles. The zero-order valence-electron chi connectivity index (χ0n) is 7.37. The maximum atomic E-state index is 10.2. The van der Waals surface area contributed by atoms with Gasteiger partial charge in [0, 0.05) is 6.04 Å². The molecule has 0 saturated heterocycles. The normalized spacial score (nSPS) is 62.5. The van der Waals surface area contributed by atoms with Crippen molar-refractivity contribution in [2.45, 2.75) is 43.7 Å². The molecule has 4 aliphatic rings. The quantitative estimate of drug-likeness (QED) is 0.562. The molecular weight excluding hydrogens is 150 g/mol. The summed E-state index contributed by atoms with van der Waals surface area (Å²) in [5, 5.41) is 10.2. The second kappa shape index (κ2) is 2.05. The Morgan fingerprint density at radius 2 is 1.67 bits per heavy atom. The van der Waals surface area contributed by atoms with Gasteiger partial charge in [0.2, 0.25) is 0 Å². The molecule has 68 valence electrons. The summed E-state index contributed by atoms with van der Waals surface area (Å²) in [6.07, 6.45) is 5.62. The van der Waals surface area contributed by atoms with Crippen molar-refractivity contribution in [1.29, 1.82) is 0 Å². The first-order valence-electron chi connectivity index (χ1n) is 5.14. The maximum Gasteiger partial charge on any atom is 0.0657 e. The third kappa shape index (κ3) is 0.826. The molecule has 0 heterocycles. The molecule has 4 saturated carbocycles. The Morgan fingerprint density at radius 1 is 1.08 bits per heavy atom. The Labute approximate surface area is 73.1 Å². The van der Waals surface area contributed by atoms with Crippen molar-refractivity contribution in [3.8, 4) is 0 Å². The molecule has 12 heavy (non-hydrogen) atoms. The lowest BCUT2D eigenvalue weighted by atomic mass is 9.52. The smallest absolute Gasteiger partial charge is 0.0657 e. The number of nitrogens with two attached hydrogens (primary N) is 1. The highest BCUT2D eigenvalue weighted by Crippen LogP contribution is 2.54. The molecule has 0 aromatic rings. The highest BCUT2D eigenvalue weighted by molar-refractivity contribution is 5.06. The van der Waals surface area contributed by atoms with E-state index >= 15 is 0 Å². The van der Waals surface area contributed by atoms with Gasteiger partial charge in [0.1, 0.15) is 0 Å². The molecule has 0 spiro atoms. The Balaban J connectivity index is 1.95. The first kappa shape index (κ1) is 7.34. The van der Waals surface area contributed by atoms with Gasteiger partial charge in [-0.3, -0.25) is 0 Å². The lowest BCUT2D eigenvalue weighted by Crippen LogP contribution is -2.59. The molecule has 4 rings (SSSR count). The maximum absolute atomic E-state index is 10.2. The standard InChI is InChI=1S/C10H17NO/c11-9-7-1-6-2-8(9)5-10(12,3-6)4-7/h6-9,12H,1-5,11H2/t6-,7+,8-,9-,10?. The van der Waals surface area contributed by atoms with Gasteiger partial charge in [-0.05, 0) is 49.9 Å². The third-order valence-corrected chi connectivity index (χ3v) is 4.31. The largest absolute Gasteiger partial charge is 0.390 e. The van der Waals surface area contributed by atoms with Crippen LogP contribution in [0.15, 0.2) is 0 Å². The Bertz CT molecular complexity index is 200. The molecule has 0 aromatic heterocycles. The van der Waals surface area contributed by atoms with Gasteiger partial charge >= 0.3 is 0 Å². The number of hydrogen-bond donors (Lipinski definition) is 2. The number of aliphatic hydroxyl groups is 1. The summed E-state index contributed by atoms with van der Waals surface area (Å²) >= 11 is 0. The lowest BCUT2D eigenvalue weighted by molar-refractivity contribution is -0.132. The van der Waals surface area contributed by atoms with Crippen LogP contribution in [-0.4, -0.2) is 16.7 Å². The zero-order chi connectivity index (χ0) is 8.34. The van der Waals surface area contributed by atoms with Crippen LogP contribution in [0, 0.1) is 17.8 Å². The highest BCUT2D eigenvalue weighted by atomic mass is 16.3. The molecule has 4 bridgehead atoms. The van der Waals surface area contributed by atoms with E-state index in [0.717, 1.165) is 25.2 Å². The molecule has 2 nitrogen and oxygen atoms in total. The second-order valence-corrected chi connectivity index (χ2v) is 5.27. The summed E-state index contributed by atoms with van der Waals surface area (Å²) in [7, 11) is 0. The molecule has 0 amide bonds. The van der Waals surface area contributed by atoms with Gasteiger partial charge in [-0.2, -0.15) is 0 Å². The van der Waals surface area contributed by atoms with Gasteiger partial charge in [-0.25, -0.2) is 0 Å². The van der Waals surface area contributed by atoms with Crippen LogP contribution < -0.4 is 5.73 Å². The number of hydrogen-bond acceptors (Lipinski definition) is 2. The summed E-state index contributed by atoms with van der Waals surface area (Å²) < 4.78 is 0. The fourth-order valence-corrected chi connectivity index (χ4v) is 4.02. The molecule has 4 fully saturated rings. The van der Waals surface area contributed by atoms with Crippen molar-refractivity contribution in [3.05, 3.63) is 0 Å². The van der Waals surface area contributed by atoms with Gasteiger partial charge in [0.25, 0.3) is 0 Å². The van der Waals surface area contributed by atoms with Gasteiger partial charge in [-0.1, -0.05) is 0 Å². The fourth-order valence-electron chi connectivity index (χ4n) is 4.02. The topological polar surface area (TPSA) is 46.2 Å². The van der Waals surface area contributed by atoms with Gasteiger partial charge < -0.3 is 10.8 Å². The molecule has 5 atom stereocenters. The predicted molar refractivity (Wildman–Crippen MR) is 46.5 cm³/mol. The average molecular weight is 167 g/mol. The van der Waals surface area contributed by atoms with Crippen LogP contribution in [-0.2, 0) is 0 Å². The van der Waals surface area contributed by atoms with Crippen LogP contribution in [0.2, 0.25) is 0 Å². The molecule has 0 aliphatic heterocycles. The van der Waals surface area contributed by atoms with E-state index in [1.165, 1.54) is 12.8 Å². The van der Waals surface area contributed by atoms with E-state index in [2.05, 4.69) is 0 Å². The minimum atomic E-state index is -0.299. The van der Waals surface area contributed by atoms with Gasteiger partial charge in [0.15, 0.2) is 0 Å². The van der Waals surface area contributed by atoms with Crippen molar-refractivity contribution in [2.75, 3.05) is 0 Å². The van der Waals surface area contributed by atoms with E-state index in [4.69, 9.17) is 5.73 Å². The van der Waals surface area contributed by atoms with E-state index in [1.54, 1.807) is 0 Å². The lowest BCUT2D eigenvalue weighted by Gasteiger charge is -2.57. The van der Waals surface area contributed by atoms with E-state index in [-0.39, 0.29) is 5.60 Å². The summed E-state index contributed by atoms with van der Waals surface area (Å²) in [6.45, 7) is 0. The Morgan fingerprint density at radius 3 is 2.17 bits per heavy atom. The van der Waals surface area contributed by atoms with Crippen molar-refractivity contribution in [1.82, 2.24) is 0 Å². The van der Waals surface area contributed by atoms with E-state index in [9.17, 15) is 5.11 Å². The molecule has 2 heteroatoms. The third-order valence-electron chi connectivity index (χ3n) is 4.31. The van der Waals surface area contributed by atoms with Crippen LogP contribution in [0.5, 0.6) is 0 Å². The monoisotopic (exact) mass is 167 g/mol. The summed E-state index contributed by atoms with van der Waals surface area (Å²) in [4.78, 5) is 0. The minimum Gasteiger partial charge on any atom is -0.390 e. The van der Waals surface area contributed by atoms with Crippen LogP contribution in [0.4, 0.5) is 0 Å². The predicted octanol–water partition coefficient (Wildman–Crippen LogP) is 0.885. The summed E-state index contributed by atoms with van der Waals surface area (Å²) in [5.41, 5.74) is 5.82. The van der Waals surface area contributed by atoms with E-state index < -0.39 is 0 Å². The first-order chi connectivity index (χ1) is 5.66. The first-order valence-corrected chi connectivity index (χ1v) is 5.14.